The van der Waals surface area contributed by atoms with E-state index in [-0.39, 0.29) is 23.2 Å². The van der Waals surface area contributed by atoms with Gasteiger partial charge in [0.1, 0.15) is 6.10 Å². The Morgan fingerprint density at radius 3 is 2.67 bits per heavy atom. The fourth-order valence-corrected chi connectivity index (χ4v) is 5.91. The van der Waals surface area contributed by atoms with E-state index in [1.54, 1.807) is 32.4 Å². The van der Waals surface area contributed by atoms with Crippen molar-refractivity contribution < 1.29 is 23.8 Å². The molecule has 164 valence electrons. The van der Waals surface area contributed by atoms with Crippen LogP contribution in [0.2, 0.25) is 0 Å². The summed E-state index contributed by atoms with van der Waals surface area (Å²) < 4.78 is 11.0. The number of carboxylic acid groups (broad SMARTS) is 1. The lowest BCUT2D eigenvalue weighted by atomic mass is 9.47. The van der Waals surface area contributed by atoms with Crippen molar-refractivity contribution in [2.45, 2.75) is 72.8 Å². The van der Waals surface area contributed by atoms with Crippen molar-refractivity contribution in [1.29, 1.82) is 0 Å². The first-order chi connectivity index (χ1) is 14.1. The molecule has 1 heterocycles. The van der Waals surface area contributed by atoms with Gasteiger partial charge < -0.3 is 14.3 Å². The van der Waals surface area contributed by atoms with Gasteiger partial charge in [0.05, 0.1) is 17.9 Å². The molecule has 0 aromatic carbocycles. The Hall–Kier alpha value is -2.30. The maximum Gasteiger partial charge on any atom is 0.333 e. The molecule has 5 unspecified atom stereocenters. The third-order valence-electron chi connectivity index (χ3n) is 7.72. The summed E-state index contributed by atoms with van der Waals surface area (Å²) in [5.41, 5.74) is 1.81. The molecular formula is C25H34O5. The van der Waals surface area contributed by atoms with Crippen LogP contribution < -0.4 is 0 Å². The number of fused-ring (bicyclic) bond motifs is 1. The molecule has 30 heavy (non-hydrogen) atoms. The smallest absolute Gasteiger partial charge is 0.333 e. The second-order valence-electron chi connectivity index (χ2n) is 9.59. The van der Waals surface area contributed by atoms with Crippen molar-refractivity contribution in [2.75, 3.05) is 0 Å². The highest BCUT2D eigenvalue weighted by atomic mass is 16.5. The number of aryl methyl sites for hydroxylation is 1. The van der Waals surface area contributed by atoms with E-state index >= 15 is 0 Å². The van der Waals surface area contributed by atoms with Crippen LogP contribution >= 0.6 is 0 Å². The Bertz CT molecular complexity index is 849. The molecule has 1 fully saturated rings. The number of carbonyl (C=O) groups is 2. The summed E-state index contributed by atoms with van der Waals surface area (Å²) in [5, 5.41) is 10.2. The highest BCUT2D eigenvalue weighted by molar-refractivity contribution is 5.87. The molecule has 1 N–H and O–H groups in total. The van der Waals surface area contributed by atoms with Crippen molar-refractivity contribution in [3.05, 3.63) is 47.5 Å². The summed E-state index contributed by atoms with van der Waals surface area (Å²) in [6.07, 6.45) is 10.6. The lowest BCUT2D eigenvalue weighted by molar-refractivity contribution is -0.179. The van der Waals surface area contributed by atoms with Gasteiger partial charge in [-0.3, -0.25) is 4.79 Å². The Balaban J connectivity index is 1.93. The van der Waals surface area contributed by atoms with E-state index in [1.165, 1.54) is 5.57 Å². The van der Waals surface area contributed by atoms with E-state index in [4.69, 9.17) is 9.15 Å². The number of rotatable bonds is 6. The monoisotopic (exact) mass is 414 g/mol. The van der Waals surface area contributed by atoms with Crippen LogP contribution in [0.4, 0.5) is 0 Å². The summed E-state index contributed by atoms with van der Waals surface area (Å²) in [6.45, 7) is 9.73. The Labute approximate surface area is 179 Å². The van der Waals surface area contributed by atoms with Gasteiger partial charge in [0.2, 0.25) is 0 Å². The molecule has 3 rings (SSSR count). The predicted octanol–water partition coefficient (Wildman–Crippen LogP) is 5.56. The van der Waals surface area contributed by atoms with Crippen molar-refractivity contribution in [3.8, 4) is 0 Å². The van der Waals surface area contributed by atoms with Gasteiger partial charge in [-0.1, -0.05) is 24.6 Å². The molecule has 0 spiro atoms. The van der Waals surface area contributed by atoms with Gasteiger partial charge in [-0.15, -0.1) is 0 Å². The summed E-state index contributed by atoms with van der Waals surface area (Å²) in [4.78, 5) is 24.9. The Morgan fingerprint density at radius 2 is 2.07 bits per heavy atom. The minimum Gasteiger partial charge on any atom is -0.481 e. The topological polar surface area (TPSA) is 76.7 Å². The van der Waals surface area contributed by atoms with Gasteiger partial charge in [-0.05, 0) is 82.3 Å². The van der Waals surface area contributed by atoms with E-state index in [2.05, 4.69) is 19.9 Å². The summed E-state index contributed by atoms with van der Waals surface area (Å²) in [5.74, 6) is -0.925. The fraction of sp³-hybridized carbons (Fsp3) is 0.600. The predicted molar refractivity (Wildman–Crippen MR) is 115 cm³/mol. The molecule has 0 radical (unpaired) electrons. The number of carboxylic acids is 1. The third-order valence-corrected chi connectivity index (χ3v) is 7.72. The van der Waals surface area contributed by atoms with E-state index in [9.17, 15) is 14.7 Å². The van der Waals surface area contributed by atoms with Gasteiger partial charge >= 0.3 is 11.9 Å². The summed E-state index contributed by atoms with van der Waals surface area (Å²) in [6, 6.07) is 1.98. The van der Waals surface area contributed by atoms with E-state index < -0.39 is 17.5 Å². The van der Waals surface area contributed by atoms with Crippen LogP contribution in [0.3, 0.4) is 0 Å². The molecule has 2 aliphatic carbocycles. The number of ether oxygens (including phenoxy) is 1. The molecule has 0 amide bonds. The summed E-state index contributed by atoms with van der Waals surface area (Å²) >= 11 is 0. The van der Waals surface area contributed by atoms with Crippen LogP contribution in [0, 0.1) is 22.7 Å². The molecule has 1 aromatic heterocycles. The average molecular weight is 415 g/mol. The standard InChI is InChI=1S/C25H34O5/c1-6-16(2)22(26)30-19-13-24(4)20(9-8-18-11-12-29-15-18)17(3)7-10-21(24)25(5,14-19)23(27)28/h6-7,11-12,15,19-21H,8-10,13-14H2,1-5H3,(H,27,28). The molecule has 2 aliphatic rings. The van der Waals surface area contributed by atoms with E-state index in [0.29, 0.717) is 18.4 Å². The molecule has 5 heteroatoms. The van der Waals surface area contributed by atoms with Crippen molar-refractivity contribution in [2.24, 2.45) is 22.7 Å². The molecule has 0 aliphatic heterocycles. The van der Waals surface area contributed by atoms with Gasteiger partial charge in [0.15, 0.2) is 0 Å². The minimum absolute atomic E-state index is 0.00156. The number of allylic oxidation sites excluding steroid dienone is 3. The zero-order valence-corrected chi connectivity index (χ0v) is 18.7. The molecule has 0 saturated heterocycles. The Morgan fingerprint density at radius 1 is 1.33 bits per heavy atom. The number of hydrogen-bond acceptors (Lipinski definition) is 4. The van der Waals surface area contributed by atoms with Gasteiger partial charge in [0.25, 0.3) is 0 Å². The normalized spacial score (nSPS) is 34.1. The van der Waals surface area contributed by atoms with Gasteiger partial charge in [-0.2, -0.15) is 0 Å². The summed E-state index contributed by atoms with van der Waals surface area (Å²) in [7, 11) is 0. The molecular weight excluding hydrogens is 380 g/mol. The highest BCUT2D eigenvalue weighted by Gasteiger charge is 2.59. The second-order valence-corrected chi connectivity index (χ2v) is 9.59. The molecule has 1 saturated carbocycles. The first kappa shape index (κ1) is 22.4. The first-order valence-electron chi connectivity index (χ1n) is 10.9. The SMILES string of the molecule is CC=C(C)C(=O)OC1CC(C)(C(=O)O)C2CC=C(C)C(CCc3ccoc3)C2(C)C1. The van der Waals surface area contributed by atoms with E-state index in [0.717, 1.165) is 24.8 Å². The number of furan rings is 1. The maximum atomic E-state index is 12.5. The van der Waals surface area contributed by atoms with Crippen LogP contribution in [0.1, 0.15) is 65.9 Å². The van der Waals surface area contributed by atoms with Crippen molar-refractivity contribution in [1.82, 2.24) is 0 Å². The molecule has 5 atom stereocenters. The van der Waals surface area contributed by atoms with Crippen molar-refractivity contribution >= 4 is 11.9 Å². The highest BCUT2D eigenvalue weighted by Crippen LogP contribution is 2.61. The van der Waals surface area contributed by atoms with E-state index in [1.807, 2.05) is 13.0 Å². The number of hydrogen-bond donors (Lipinski definition) is 1. The van der Waals surface area contributed by atoms with Crippen LogP contribution in [-0.2, 0) is 20.7 Å². The second kappa shape index (κ2) is 8.44. The van der Waals surface area contributed by atoms with Gasteiger partial charge in [-0.25, -0.2) is 4.79 Å². The molecule has 1 aromatic rings. The zero-order chi connectivity index (χ0) is 22.1. The fourth-order valence-electron chi connectivity index (χ4n) is 5.91. The molecule has 0 bridgehead atoms. The van der Waals surface area contributed by atoms with Crippen LogP contribution in [0.25, 0.3) is 0 Å². The van der Waals surface area contributed by atoms with Crippen molar-refractivity contribution in [3.63, 3.8) is 0 Å². The Kier molecular flexibility index (Phi) is 6.30. The largest absolute Gasteiger partial charge is 0.481 e. The number of esters is 1. The molecule has 5 nitrogen and oxygen atoms in total. The minimum atomic E-state index is -0.938. The van der Waals surface area contributed by atoms with Gasteiger partial charge in [0, 0.05) is 12.0 Å². The quantitative estimate of drug-likeness (QED) is 0.374. The lowest BCUT2D eigenvalue weighted by Crippen LogP contribution is -2.56. The first-order valence-corrected chi connectivity index (χ1v) is 10.9. The third kappa shape index (κ3) is 3.99. The number of aliphatic carboxylic acids is 1. The van der Waals surface area contributed by atoms with Crippen LogP contribution in [0.15, 0.2) is 46.3 Å². The average Bonchev–Trinajstić information content (AvgIpc) is 3.19. The zero-order valence-electron chi connectivity index (χ0n) is 18.7. The van der Waals surface area contributed by atoms with Crippen LogP contribution in [0.5, 0.6) is 0 Å². The maximum absolute atomic E-state index is 12.5. The lowest BCUT2D eigenvalue weighted by Gasteiger charge is -2.57. The number of carbonyl (C=O) groups excluding carboxylic acids is 1. The van der Waals surface area contributed by atoms with Crippen LogP contribution in [-0.4, -0.2) is 23.1 Å².